The molecule has 32 heavy (non-hydrogen) atoms. The molecule has 1 saturated heterocycles. The fraction of sp³-hybridized carbons (Fsp3) is 0.682. The normalized spacial score (nSPS) is 23.5. The quantitative estimate of drug-likeness (QED) is 0.709. The first-order chi connectivity index (χ1) is 15.2. The Balaban J connectivity index is 1.66. The van der Waals surface area contributed by atoms with Crippen molar-refractivity contribution < 1.29 is 13.2 Å². The predicted octanol–water partition coefficient (Wildman–Crippen LogP) is 2.88. The summed E-state index contributed by atoms with van der Waals surface area (Å²) in [5.74, 6) is 0.282. The number of nitrogens with one attached hydrogen (secondary N) is 1. The highest BCUT2D eigenvalue weighted by atomic mass is 32.2. The van der Waals surface area contributed by atoms with Gasteiger partial charge in [-0.25, -0.2) is 13.4 Å². The van der Waals surface area contributed by atoms with E-state index in [9.17, 15) is 18.0 Å². The summed E-state index contributed by atoms with van der Waals surface area (Å²) in [6, 6.07) is 0.144. The number of piperidine rings is 1. The monoisotopic (exact) mass is 480 g/mol. The standard InChI is InChI=1S/C22H32N4O4S2/c1-14-9-15(2)11-26(10-14)32(29,30)20-16(3)31-21-19(20)22(28)25(13-23-21)12-18(27)24-17-7-5-4-6-8-17/h13-15,17H,4-12H2,1-3H3,(H,24,27)/t14-,15-/m0/s1. The Bertz CT molecular complexity index is 1150. The average Bonchev–Trinajstić information content (AvgIpc) is 3.07. The molecule has 10 heteroatoms. The van der Waals surface area contributed by atoms with Gasteiger partial charge in [-0.05, 0) is 38.0 Å². The van der Waals surface area contributed by atoms with Gasteiger partial charge in [0, 0.05) is 24.0 Å². The Hall–Kier alpha value is -1.78. The van der Waals surface area contributed by atoms with Crippen molar-refractivity contribution in [3.63, 3.8) is 0 Å². The summed E-state index contributed by atoms with van der Waals surface area (Å²) in [6.07, 6.45) is 7.63. The van der Waals surface area contributed by atoms with Crippen LogP contribution in [0.25, 0.3) is 10.2 Å². The first-order valence-electron chi connectivity index (χ1n) is 11.4. The number of carbonyl (C=O) groups is 1. The van der Waals surface area contributed by atoms with Crippen LogP contribution >= 0.6 is 11.3 Å². The number of thiophene rings is 1. The van der Waals surface area contributed by atoms with E-state index in [0.717, 1.165) is 32.1 Å². The van der Waals surface area contributed by atoms with Crippen LogP contribution in [-0.4, -0.2) is 47.3 Å². The molecule has 2 aromatic heterocycles. The first kappa shape index (κ1) is 23.4. The lowest BCUT2D eigenvalue weighted by Crippen LogP contribution is -2.43. The van der Waals surface area contributed by atoms with E-state index in [-0.39, 0.29) is 40.6 Å². The van der Waals surface area contributed by atoms with E-state index in [1.807, 2.05) is 0 Å². The average molecular weight is 481 g/mol. The van der Waals surface area contributed by atoms with Crippen LogP contribution in [0.4, 0.5) is 0 Å². The van der Waals surface area contributed by atoms with Crippen molar-refractivity contribution in [3.05, 3.63) is 21.6 Å². The minimum absolute atomic E-state index is 0.0540. The van der Waals surface area contributed by atoms with E-state index in [2.05, 4.69) is 24.1 Å². The van der Waals surface area contributed by atoms with E-state index < -0.39 is 15.6 Å². The Morgan fingerprint density at radius 2 is 1.84 bits per heavy atom. The van der Waals surface area contributed by atoms with Crippen LogP contribution in [-0.2, 0) is 21.4 Å². The number of hydrogen-bond donors (Lipinski definition) is 1. The van der Waals surface area contributed by atoms with Gasteiger partial charge in [-0.1, -0.05) is 33.1 Å². The molecule has 1 saturated carbocycles. The molecule has 0 spiro atoms. The molecule has 1 amide bonds. The first-order valence-corrected chi connectivity index (χ1v) is 13.7. The summed E-state index contributed by atoms with van der Waals surface area (Å²) in [5.41, 5.74) is -0.477. The largest absolute Gasteiger partial charge is 0.352 e. The Morgan fingerprint density at radius 1 is 1.19 bits per heavy atom. The molecule has 1 N–H and O–H groups in total. The maximum atomic E-state index is 13.6. The van der Waals surface area contributed by atoms with E-state index in [1.54, 1.807) is 6.92 Å². The second-order valence-corrected chi connectivity index (χ2v) is 12.6. The zero-order chi connectivity index (χ0) is 23.0. The van der Waals surface area contributed by atoms with Crippen LogP contribution in [0.3, 0.4) is 0 Å². The van der Waals surface area contributed by atoms with Crippen LogP contribution < -0.4 is 10.9 Å². The summed E-state index contributed by atoms with van der Waals surface area (Å²) in [6.45, 7) is 6.55. The van der Waals surface area contributed by atoms with Gasteiger partial charge in [0.2, 0.25) is 15.9 Å². The number of nitrogens with zero attached hydrogens (tertiary/aromatic N) is 3. The number of aromatic nitrogens is 2. The molecule has 0 aromatic carbocycles. The van der Waals surface area contributed by atoms with Crippen LogP contribution in [0.2, 0.25) is 0 Å². The Kier molecular flexibility index (Phi) is 6.74. The summed E-state index contributed by atoms with van der Waals surface area (Å²) >= 11 is 1.21. The SMILES string of the molecule is Cc1sc2ncn(CC(=O)NC3CCCCC3)c(=O)c2c1S(=O)(=O)N1C[C@@H](C)C[C@H](C)C1. The molecular weight excluding hydrogens is 448 g/mol. The van der Waals surface area contributed by atoms with Crippen LogP contribution in [0.5, 0.6) is 0 Å². The van der Waals surface area contributed by atoms with Crippen molar-refractivity contribution >= 4 is 37.5 Å². The molecule has 3 heterocycles. The zero-order valence-electron chi connectivity index (χ0n) is 19.0. The van der Waals surface area contributed by atoms with Gasteiger partial charge in [0.05, 0.1) is 11.7 Å². The van der Waals surface area contributed by atoms with Gasteiger partial charge in [0.15, 0.2) is 0 Å². The third-order valence-electron chi connectivity index (χ3n) is 6.52. The van der Waals surface area contributed by atoms with E-state index in [0.29, 0.717) is 22.8 Å². The highest BCUT2D eigenvalue weighted by Gasteiger charge is 2.36. The van der Waals surface area contributed by atoms with E-state index in [1.165, 1.54) is 33.0 Å². The minimum atomic E-state index is -3.84. The second-order valence-electron chi connectivity index (χ2n) is 9.52. The number of carbonyl (C=O) groups excluding carboxylic acids is 1. The molecule has 4 rings (SSSR count). The molecular formula is C22H32N4O4S2. The van der Waals surface area contributed by atoms with Crippen molar-refractivity contribution in [2.45, 2.75) is 76.8 Å². The highest BCUT2D eigenvalue weighted by Crippen LogP contribution is 2.35. The Labute approximate surface area is 193 Å². The zero-order valence-corrected chi connectivity index (χ0v) is 20.6. The summed E-state index contributed by atoms with van der Waals surface area (Å²) in [4.78, 5) is 31.2. The lowest BCUT2D eigenvalue weighted by Gasteiger charge is -2.34. The van der Waals surface area contributed by atoms with Crippen molar-refractivity contribution in [3.8, 4) is 0 Å². The summed E-state index contributed by atoms with van der Waals surface area (Å²) in [7, 11) is -3.84. The summed E-state index contributed by atoms with van der Waals surface area (Å²) in [5, 5.41) is 3.11. The molecule has 2 aromatic rings. The van der Waals surface area contributed by atoms with Gasteiger partial charge >= 0.3 is 0 Å². The molecule has 2 aliphatic rings. The van der Waals surface area contributed by atoms with Gasteiger partial charge in [0.25, 0.3) is 5.56 Å². The topological polar surface area (TPSA) is 101 Å². The van der Waals surface area contributed by atoms with Crippen molar-refractivity contribution in [2.75, 3.05) is 13.1 Å². The van der Waals surface area contributed by atoms with Gasteiger partial charge in [0.1, 0.15) is 16.3 Å². The molecule has 176 valence electrons. The lowest BCUT2D eigenvalue weighted by atomic mass is 9.94. The van der Waals surface area contributed by atoms with E-state index >= 15 is 0 Å². The van der Waals surface area contributed by atoms with Gasteiger partial charge < -0.3 is 5.32 Å². The smallest absolute Gasteiger partial charge is 0.263 e. The van der Waals surface area contributed by atoms with Crippen molar-refractivity contribution in [1.29, 1.82) is 0 Å². The van der Waals surface area contributed by atoms with E-state index in [4.69, 9.17) is 0 Å². The predicted molar refractivity (Wildman–Crippen MR) is 125 cm³/mol. The fourth-order valence-corrected chi connectivity index (χ4v) is 8.49. The molecule has 0 unspecified atom stereocenters. The van der Waals surface area contributed by atoms with Gasteiger partial charge in [-0.3, -0.25) is 14.2 Å². The lowest BCUT2D eigenvalue weighted by molar-refractivity contribution is -0.122. The highest BCUT2D eigenvalue weighted by molar-refractivity contribution is 7.89. The number of sulfonamides is 1. The summed E-state index contributed by atoms with van der Waals surface area (Å²) < 4.78 is 29.9. The number of aryl methyl sites for hydroxylation is 1. The molecule has 1 aliphatic carbocycles. The molecule has 8 nitrogen and oxygen atoms in total. The molecule has 0 radical (unpaired) electrons. The number of rotatable bonds is 5. The molecule has 0 bridgehead atoms. The minimum Gasteiger partial charge on any atom is -0.352 e. The second kappa shape index (κ2) is 9.23. The van der Waals surface area contributed by atoms with Gasteiger partial charge in [-0.2, -0.15) is 4.31 Å². The number of hydrogen-bond acceptors (Lipinski definition) is 6. The number of fused-ring (bicyclic) bond motifs is 1. The molecule has 2 atom stereocenters. The third kappa shape index (κ3) is 4.63. The number of amides is 1. The fourth-order valence-electron chi connectivity index (χ4n) is 5.14. The third-order valence-corrected chi connectivity index (χ3v) is 9.66. The van der Waals surface area contributed by atoms with Crippen LogP contribution in [0, 0.1) is 18.8 Å². The van der Waals surface area contributed by atoms with Crippen molar-refractivity contribution in [2.24, 2.45) is 11.8 Å². The van der Waals surface area contributed by atoms with Gasteiger partial charge in [-0.15, -0.1) is 11.3 Å². The van der Waals surface area contributed by atoms with Crippen molar-refractivity contribution in [1.82, 2.24) is 19.2 Å². The Morgan fingerprint density at radius 3 is 2.50 bits per heavy atom. The molecule has 1 aliphatic heterocycles. The van der Waals surface area contributed by atoms with Crippen LogP contribution in [0.15, 0.2) is 16.0 Å². The van der Waals surface area contributed by atoms with Crippen LogP contribution in [0.1, 0.15) is 57.2 Å². The maximum Gasteiger partial charge on any atom is 0.263 e. The molecule has 2 fully saturated rings. The maximum absolute atomic E-state index is 13.6.